The Bertz CT molecular complexity index is 822. The molecule has 0 heterocycles. The van der Waals surface area contributed by atoms with Gasteiger partial charge < -0.3 is 9.84 Å². The van der Waals surface area contributed by atoms with Crippen molar-refractivity contribution >= 4 is 37.2 Å². The third kappa shape index (κ3) is 4.89. The fraction of sp³-hybridized carbons (Fsp3) is 0.417. The monoisotopic (exact) mass is 416 g/mol. The minimum atomic E-state index is -6.50. The molecule has 0 spiro atoms. The van der Waals surface area contributed by atoms with Gasteiger partial charge in [-0.15, -0.1) is 0 Å². The number of ether oxygens (including phenoxy) is 1. The van der Waals surface area contributed by atoms with Crippen LogP contribution >= 0.6 is 0 Å². The standard InChI is InChI=1S/C12H8B2F6O6S/c13-3-5-1-6(14)2-7(8(5)21)9(22)26-10(11(15,16)17,12(18,19)20)4-27(23,24)25/h1-2,21H,3-4H2,(H,23,24,25). The lowest BCUT2D eigenvalue weighted by molar-refractivity contribution is -0.356. The molecule has 0 aliphatic carbocycles. The fourth-order valence-electron chi connectivity index (χ4n) is 1.97. The maximum absolute atomic E-state index is 13.1. The van der Waals surface area contributed by atoms with Crippen molar-refractivity contribution < 1.29 is 54.0 Å². The van der Waals surface area contributed by atoms with Crippen LogP contribution in [0, 0.1) is 0 Å². The number of rotatable bonds is 5. The Morgan fingerprint density at radius 3 is 1.96 bits per heavy atom. The number of halogens is 6. The molecule has 0 fully saturated rings. The highest BCUT2D eigenvalue weighted by molar-refractivity contribution is 7.85. The number of aromatic hydroxyl groups is 1. The number of hydrogen-bond acceptors (Lipinski definition) is 5. The average molecular weight is 416 g/mol. The summed E-state index contributed by atoms with van der Waals surface area (Å²) in [5.41, 5.74) is -7.49. The highest BCUT2D eigenvalue weighted by atomic mass is 32.2. The summed E-state index contributed by atoms with van der Waals surface area (Å²) >= 11 is 0. The molecule has 0 bridgehead atoms. The summed E-state index contributed by atoms with van der Waals surface area (Å²) < 4.78 is 112. The van der Waals surface area contributed by atoms with Gasteiger partial charge in [0.05, 0.1) is 7.85 Å². The molecule has 1 aromatic carbocycles. The van der Waals surface area contributed by atoms with Crippen molar-refractivity contribution in [1.82, 2.24) is 0 Å². The predicted octanol–water partition coefficient (Wildman–Crippen LogP) is 0.762. The Morgan fingerprint density at radius 2 is 1.59 bits per heavy atom. The van der Waals surface area contributed by atoms with Crippen LogP contribution in [-0.2, 0) is 21.2 Å². The molecular weight excluding hydrogens is 408 g/mol. The number of carbonyl (C=O) groups is 1. The number of hydrogen-bond donors (Lipinski definition) is 2. The summed E-state index contributed by atoms with van der Waals surface area (Å²) in [4.78, 5) is 11.9. The van der Waals surface area contributed by atoms with E-state index in [0.29, 0.717) is 6.07 Å². The third-order valence-corrected chi connectivity index (χ3v) is 3.99. The van der Waals surface area contributed by atoms with Gasteiger partial charge in [0.15, 0.2) is 0 Å². The van der Waals surface area contributed by atoms with Crippen molar-refractivity contribution in [3.05, 3.63) is 23.3 Å². The van der Waals surface area contributed by atoms with Crippen LogP contribution in [0.1, 0.15) is 15.9 Å². The molecule has 0 aromatic heterocycles. The van der Waals surface area contributed by atoms with Crippen LogP contribution in [-0.4, -0.2) is 63.4 Å². The first-order valence-corrected chi connectivity index (χ1v) is 8.19. The topological polar surface area (TPSA) is 101 Å². The van der Waals surface area contributed by atoms with Gasteiger partial charge in [-0.05, 0) is 5.56 Å². The van der Waals surface area contributed by atoms with Gasteiger partial charge in [-0.25, -0.2) is 4.79 Å². The summed E-state index contributed by atoms with van der Waals surface area (Å²) in [6.07, 6.45) is -13.5. The molecule has 0 unspecified atom stereocenters. The second kappa shape index (κ2) is 7.26. The van der Waals surface area contributed by atoms with E-state index < -0.39 is 57.4 Å². The molecule has 27 heavy (non-hydrogen) atoms. The second-order valence-corrected chi connectivity index (χ2v) is 6.67. The van der Waals surface area contributed by atoms with Crippen molar-refractivity contribution in [2.24, 2.45) is 0 Å². The molecule has 15 heteroatoms. The van der Waals surface area contributed by atoms with Gasteiger partial charge in [0, 0.05) is 0 Å². The van der Waals surface area contributed by atoms with Gasteiger partial charge in [-0.1, -0.05) is 23.9 Å². The SMILES string of the molecule is [B]Cc1cc([B])cc(C(=O)OC(CS(=O)(=O)O)(C(F)(F)F)C(F)(F)F)c1O. The lowest BCUT2D eigenvalue weighted by atomic mass is 9.86. The van der Waals surface area contributed by atoms with E-state index in [4.69, 9.17) is 20.2 Å². The first-order chi connectivity index (χ1) is 11.9. The normalized spacial score (nSPS) is 13.4. The summed E-state index contributed by atoms with van der Waals surface area (Å²) in [6, 6.07) is 1.49. The Labute approximate surface area is 151 Å². The molecule has 0 saturated heterocycles. The molecule has 0 saturated carbocycles. The van der Waals surface area contributed by atoms with E-state index in [0.717, 1.165) is 6.07 Å². The van der Waals surface area contributed by atoms with Crippen LogP contribution in [0.2, 0.25) is 0 Å². The third-order valence-electron chi connectivity index (χ3n) is 3.22. The zero-order valence-corrected chi connectivity index (χ0v) is 13.7. The molecule has 0 amide bonds. The van der Waals surface area contributed by atoms with Crippen molar-refractivity contribution in [2.75, 3.05) is 5.75 Å². The van der Waals surface area contributed by atoms with E-state index in [1.165, 1.54) is 0 Å². The molecule has 6 nitrogen and oxygen atoms in total. The molecule has 4 radical (unpaired) electrons. The Balaban J connectivity index is 3.60. The molecule has 0 aliphatic rings. The molecule has 0 atom stereocenters. The first-order valence-electron chi connectivity index (χ1n) is 6.58. The number of phenolic OH excluding ortho intramolecular Hbond substituents is 1. The largest absolute Gasteiger partial charge is 0.507 e. The maximum atomic E-state index is 13.1. The van der Waals surface area contributed by atoms with E-state index in [1.807, 2.05) is 0 Å². The number of benzene rings is 1. The molecular formula is C12H8B2F6O6S. The predicted molar refractivity (Wildman–Crippen MR) is 79.6 cm³/mol. The lowest BCUT2D eigenvalue weighted by Crippen LogP contribution is -2.63. The Morgan fingerprint density at radius 1 is 1.11 bits per heavy atom. The molecule has 0 aliphatic heterocycles. The van der Waals surface area contributed by atoms with Crippen LogP contribution < -0.4 is 5.46 Å². The Kier molecular flexibility index (Phi) is 6.23. The van der Waals surface area contributed by atoms with E-state index in [-0.39, 0.29) is 11.0 Å². The van der Waals surface area contributed by atoms with Crippen molar-refractivity contribution in [3.63, 3.8) is 0 Å². The Hall–Kier alpha value is -1.89. The van der Waals surface area contributed by atoms with Gasteiger partial charge in [-0.2, -0.15) is 34.8 Å². The van der Waals surface area contributed by atoms with Crippen LogP contribution in [0.15, 0.2) is 12.1 Å². The number of carbonyl (C=O) groups excluding carboxylic acids is 1. The molecule has 2 N–H and O–H groups in total. The van der Waals surface area contributed by atoms with E-state index in [9.17, 15) is 44.7 Å². The molecule has 1 aromatic rings. The van der Waals surface area contributed by atoms with E-state index in [1.54, 1.807) is 0 Å². The average Bonchev–Trinajstić information content (AvgIpc) is 2.44. The smallest absolute Gasteiger partial charge is 0.438 e. The van der Waals surface area contributed by atoms with Crippen LogP contribution in [0.25, 0.3) is 0 Å². The summed E-state index contributed by atoms with van der Waals surface area (Å²) in [5.74, 6) is -6.56. The molecule has 146 valence electrons. The van der Waals surface area contributed by atoms with Gasteiger partial charge >= 0.3 is 23.9 Å². The lowest BCUT2D eigenvalue weighted by Gasteiger charge is -2.35. The van der Waals surface area contributed by atoms with Gasteiger partial charge in [0.2, 0.25) is 0 Å². The number of phenols is 1. The minimum Gasteiger partial charge on any atom is -0.507 e. The minimum absolute atomic E-state index is 0.304. The number of alkyl halides is 6. The van der Waals surface area contributed by atoms with E-state index >= 15 is 0 Å². The van der Waals surface area contributed by atoms with Crippen LogP contribution in [0.4, 0.5) is 26.3 Å². The molecule has 1 rings (SSSR count). The van der Waals surface area contributed by atoms with Gasteiger partial charge in [-0.3, -0.25) is 4.55 Å². The van der Waals surface area contributed by atoms with Crippen molar-refractivity contribution in [2.45, 2.75) is 24.3 Å². The van der Waals surface area contributed by atoms with Gasteiger partial charge in [0.1, 0.15) is 24.9 Å². The second-order valence-electron chi connectivity index (χ2n) is 5.22. The summed E-state index contributed by atoms with van der Waals surface area (Å²) in [6.45, 7) is 0. The highest BCUT2D eigenvalue weighted by Crippen LogP contribution is 2.47. The van der Waals surface area contributed by atoms with Crippen LogP contribution in [0.3, 0.4) is 0 Å². The quantitative estimate of drug-likeness (QED) is 0.319. The highest BCUT2D eigenvalue weighted by Gasteiger charge is 2.76. The van der Waals surface area contributed by atoms with E-state index in [2.05, 4.69) is 4.74 Å². The van der Waals surface area contributed by atoms with Crippen molar-refractivity contribution in [1.29, 1.82) is 0 Å². The first kappa shape index (κ1) is 23.1. The van der Waals surface area contributed by atoms with Crippen molar-refractivity contribution in [3.8, 4) is 5.75 Å². The zero-order valence-electron chi connectivity index (χ0n) is 12.9. The summed E-state index contributed by atoms with van der Waals surface area (Å²) in [5, 5.41) is 9.75. The number of esters is 1. The fourth-order valence-corrected chi connectivity index (χ4v) is 2.87. The summed E-state index contributed by atoms with van der Waals surface area (Å²) in [7, 11) is 4.59. The van der Waals surface area contributed by atoms with Crippen LogP contribution in [0.5, 0.6) is 5.75 Å². The maximum Gasteiger partial charge on any atom is 0.438 e. The zero-order chi connectivity index (χ0) is 21.4. The van der Waals surface area contributed by atoms with Gasteiger partial charge in [0.25, 0.3) is 10.1 Å².